The number of nitrogens with one attached hydrogen (secondary N) is 1. The molecule has 1 fully saturated rings. The molecule has 1 saturated carbocycles. The van der Waals surface area contributed by atoms with Crippen molar-refractivity contribution in [3.8, 4) is 11.4 Å². The summed E-state index contributed by atoms with van der Waals surface area (Å²) >= 11 is 1.91. The Morgan fingerprint density at radius 3 is 2.60 bits per heavy atom. The maximum atomic E-state index is 4.75. The van der Waals surface area contributed by atoms with Crippen molar-refractivity contribution in [1.82, 2.24) is 9.97 Å². The van der Waals surface area contributed by atoms with E-state index < -0.39 is 0 Å². The third-order valence-electron chi connectivity index (χ3n) is 4.03. The molecule has 0 spiro atoms. The van der Waals surface area contributed by atoms with E-state index in [-0.39, 0.29) is 0 Å². The first-order valence-electron chi connectivity index (χ1n) is 7.11. The fourth-order valence-electron chi connectivity index (χ4n) is 2.71. The quantitative estimate of drug-likeness (QED) is 0.929. The summed E-state index contributed by atoms with van der Waals surface area (Å²) < 4.78 is 0. The maximum Gasteiger partial charge on any atom is 0.161 e. The van der Waals surface area contributed by atoms with Gasteiger partial charge in [-0.25, -0.2) is 9.97 Å². The van der Waals surface area contributed by atoms with Crippen molar-refractivity contribution in [2.45, 2.75) is 30.3 Å². The predicted octanol–water partition coefficient (Wildman–Crippen LogP) is 3.81. The molecule has 2 aromatic rings. The summed E-state index contributed by atoms with van der Waals surface area (Å²) in [7, 11) is 1.94. The molecule has 1 aliphatic heterocycles. The van der Waals surface area contributed by atoms with E-state index in [0.29, 0.717) is 0 Å². The number of anilines is 1. The van der Waals surface area contributed by atoms with Crippen molar-refractivity contribution in [2.75, 3.05) is 12.4 Å². The first-order chi connectivity index (χ1) is 9.85. The van der Waals surface area contributed by atoms with Crippen molar-refractivity contribution in [2.24, 2.45) is 0 Å². The van der Waals surface area contributed by atoms with Crippen LogP contribution in [0.1, 0.15) is 35.6 Å². The second kappa shape index (κ2) is 4.77. The van der Waals surface area contributed by atoms with Gasteiger partial charge in [0.1, 0.15) is 5.82 Å². The molecule has 1 aliphatic carbocycles. The van der Waals surface area contributed by atoms with E-state index in [0.717, 1.165) is 34.6 Å². The van der Waals surface area contributed by atoms with E-state index in [1.165, 1.54) is 29.7 Å². The van der Waals surface area contributed by atoms with Crippen molar-refractivity contribution >= 4 is 17.6 Å². The summed E-state index contributed by atoms with van der Waals surface area (Å²) in [5.41, 5.74) is 5.04. The van der Waals surface area contributed by atoms with Crippen molar-refractivity contribution in [3.05, 3.63) is 41.1 Å². The summed E-state index contributed by atoms with van der Waals surface area (Å²) in [6.07, 6.45) is 2.69. The minimum Gasteiger partial charge on any atom is -0.373 e. The molecule has 1 aromatic heterocycles. The fraction of sp³-hybridized carbons (Fsp3) is 0.375. The molecule has 0 saturated heterocycles. The summed E-state index contributed by atoms with van der Waals surface area (Å²) in [6, 6.07) is 8.79. The van der Waals surface area contributed by atoms with Crippen LogP contribution in [0.5, 0.6) is 0 Å². The third kappa shape index (κ3) is 2.08. The number of hydrogen-bond acceptors (Lipinski definition) is 4. The van der Waals surface area contributed by atoms with Crippen LogP contribution in [0.25, 0.3) is 11.4 Å². The van der Waals surface area contributed by atoms with Crippen LogP contribution in [0.15, 0.2) is 24.3 Å². The van der Waals surface area contributed by atoms with Crippen LogP contribution in [0.4, 0.5) is 5.82 Å². The zero-order chi connectivity index (χ0) is 13.5. The Morgan fingerprint density at radius 1 is 1.10 bits per heavy atom. The normalized spacial score (nSPS) is 17.1. The van der Waals surface area contributed by atoms with Gasteiger partial charge in [0.05, 0.1) is 5.69 Å². The molecule has 2 aliphatic rings. The highest BCUT2D eigenvalue weighted by Gasteiger charge is 2.23. The molecule has 1 N–H and O–H groups in total. The van der Waals surface area contributed by atoms with E-state index >= 15 is 0 Å². The lowest BCUT2D eigenvalue weighted by Gasteiger charge is -2.09. The van der Waals surface area contributed by atoms with Gasteiger partial charge in [-0.15, -0.1) is 0 Å². The fourth-order valence-corrected chi connectivity index (χ4v) is 3.75. The van der Waals surface area contributed by atoms with E-state index in [4.69, 9.17) is 4.98 Å². The molecule has 0 radical (unpaired) electrons. The van der Waals surface area contributed by atoms with Gasteiger partial charge in [-0.1, -0.05) is 24.3 Å². The number of nitrogens with zero attached hydrogens (tertiary/aromatic N) is 2. The lowest BCUT2D eigenvalue weighted by atomic mass is 10.1. The average Bonchev–Trinajstić information content (AvgIpc) is 3.24. The standard InChI is InChI=1S/C16H17N3S/c1-17-16-13-8-20-9-14(13)18-15(19-16)12-6-4-11(5-7-12)10-2-3-10/h4-7,10H,2-3,8-9H2,1H3,(H,17,18,19). The van der Waals surface area contributed by atoms with Gasteiger partial charge in [-0.05, 0) is 24.3 Å². The van der Waals surface area contributed by atoms with Crippen LogP contribution in [0.3, 0.4) is 0 Å². The minimum absolute atomic E-state index is 0.800. The molecular weight excluding hydrogens is 266 g/mol. The lowest BCUT2D eigenvalue weighted by Crippen LogP contribution is -2.03. The molecule has 3 nitrogen and oxygen atoms in total. The lowest BCUT2D eigenvalue weighted by molar-refractivity contribution is 1.07. The highest BCUT2D eigenvalue weighted by atomic mass is 32.2. The van der Waals surface area contributed by atoms with Crippen molar-refractivity contribution < 1.29 is 0 Å². The summed E-state index contributed by atoms with van der Waals surface area (Å²) in [6.45, 7) is 0. The van der Waals surface area contributed by atoms with Gasteiger partial charge in [0, 0.05) is 29.7 Å². The van der Waals surface area contributed by atoms with E-state index in [2.05, 4.69) is 34.6 Å². The monoisotopic (exact) mass is 283 g/mol. The Labute approximate surface area is 123 Å². The maximum absolute atomic E-state index is 4.75. The zero-order valence-corrected chi connectivity index (χ0v) is 12.3. The number of aromatic nitrogens is 2. The van der Waals surface area contributed by atoms with Crippen molar-refractivity contribution in [3.63, 3.8) is 0 Å². The van der Waals surface area contributed by atoms with Gasteiger partial charge in [0.2, 0.25) is 0 Å². The number of thioether (sulfide) groups is 1. The van der Waals surface area contributed by atoms with Crippen LogP contribution >= 0.6 is 11.8 Å². The van der Waals surface area contributed by atoms with Crippen LogP contribution in [-0.4, -0.2) is 17.0 Å². The van der Waals surface area contributed by atoms with Crippen LogP contribution in [-0.2, 0) is 11.5 Å². The Morgan fingerprint density at radius 2 is 1.90 bits per heavy atom. The molecule has 0 bridgehead atoms. The molecule has 2 heterocycles. The zero-order valence-electron chi connectivity index (χ0n) is 11.5. The summed E-state index contributed by atoms with van der Waals surface area (Å²) in [4.78, 5) is 9.44. The Bertz CT molecular complexity index is 648. The summed E-state index contributed by atoms with van der Waals surface area (Å²) in [5, 5.41) is 3.21. The smallest absolute Gasteiger partial charge is 0.161 e. The topological polar surface area (TPSA) is 37.8 Å². The van der Waals surface area contributed by atoms with Gasteiger partial charge in [0.25, 0.3) is 0 Å². The molecule has 20 heavy (non-hydrogen) atoms. The molecule has 0 unspecified atom stereocenters. The first-order valence-corrected chi connectivity index (χ1v) is 8.26. The highest BCUT2D eigenvalue weighted by molar-refractivity contribution is 7.98. The van der Waals surface area contributed by atoms with E-state index in [1.807, 2.05) is 18.8 Å². The number of hydrogen-bond donors (Lipinski definition) is 1. The van der Waals surface area contributed by atoms with Crippen LogP contribution < -0.4 is 5.32 Å². The molecule has 102 valence electrons. The van der Waals surface area contributed by atoms with Gasteiger partial charge >= 0.3 is 0 Å². The van der Waals surface area contributed by atoms with Gasteiger partial charge in [0.15, 0.2) is 5.82 Å². The van der Waals surface area contributed by atoms with Crippen molar-refractivity contribution in [1.29, 1.82) is 0 Å². The van der Waals surface area contributed by atoms with Gasteiger partial charge in [-0.3, -0.25) is 0 Å². The Hall–Kier alpha value is -1.55. The largest absolute Gasteiger partial charge is 0.373 e. The predicted molar refractivity (Wildman–Crippen MR) is 84.0 cm³/mol. The number of fused-ring (bicyclic) bond motifs is 1. The van der Waals surface area contributed by atoms with Gasteiger partial charge < -0.3 is 5.32 Å². The highest BCUT2D eigenvalue weighted by Crippen LogP contribution is 2.40. The van der Waals surface area contributed by atoms with Crippen LogP contribution in [0, 0.1) is 0 Å². The first kappa shape index (κ1) is 12.2. The molecule has 4 rings (SSSR count). The second-order valence-corrected chi connectivity index (χ2v) is 6.45. The molecule has 0 atom stereocenters. The Kier molecular flexibility index (Phi) is 2.91. The van der Waals surface area contributed by atoms with E-state index in [1.54, 1.807) is 0 Å². The Balaban J connectivity index is 1.73. The van der Waals surface area contributed by atoms with E-state index in [9.17, 15) is 0 Å². The minimum atomic E-state index is 0.800. The SMILES string of the molecule is CNc1nc(-c2ccc(C3CC3)cc2)nc2c1CSC2. The molecule has 0 amide bonds. The van der Waals surface area contributed by atoms with Crippen LogP contribution in [0.2, 0.25) is 0 Å². The van der Waals surface area contributed by atoms with Gasteiger partial charge in [-0.2, -0.15) is 11.8 Å². The number of rotatable bonds is 3. The third-order valence-corrected chi connectivity index (χ3v) is 5.00. The average molecular weight is 283 g/mol. The summed E-state index contributed by atoms with van der Waals surface area (Å²) in [5.74, 6) is 4.65. The molecule has 4 heteroatoms. The number of benzene rings is 1. The molecule has 1 aromatic carbocycles. The second-order valence-electron chi connectivity index (χ2n) is 5.46. The molecular formula is C16H17N3S.